The van der Waals surface area contributed by atoms with Crippen molar-refractivity contribution in [3.8, 4) is 0 Å². The molecule has 2 heteroatoms. The van der Waals surface area contributed by atoms with Crippen LogP contribution in [-0.2, 0) is 4.79 Å². The van der Waals surface area contributed by atoms with E-state index in [1.807, 2.05) is 0 Å². The molecular weight excluding hydrogens is 216 g/mol. The number of allylic oxidation sites excluding steroid dienone is 1. The van der Waals surface area contributed by atoms with E-state index in [1.54, 1.807) is 6.92 Å². The number of carbonyl (C=O) groups is 1. The third-order valence-electron chi connectivity index (χ3n) is 2.66. The van der Waals surface area contributed by atoms with Gasteiger partial charge in [-0.1, -0.05) is 28.9 Å². The number of rotatable bonds is 3. The maximum Gasteiger partial charge on any atom is 0.133 e. The largest absolute Gasteiger partial charge is 0.300 e. The average molecular weight is 231 g/mol. The molecule has 1 nitrogen and oxygen atoms in total. The molecule has 0 bridgehead atoms. The molecule has 0 unspecified atom stereocenters. The molecule has 1 rings (SSSR count). The van der Waals surface area contributed by atoms with Gasteiger partial charge in [-0.15, -0.1) is 0 Å². The summed E-state index contributed by atoms with van der Waals surface area (Å²) in [7, 11) is 0. The van der Waals surface area contributed by atoms with Crippen molar-refractivity contribution in [2.45, 2.75) is 32.6 Å². The maximum absolute atomic E-state index is 11.2. The zero-order valence-corrected chi connectivity index (χ0v) is 9.06. The minimum Gasteiger partial charge on any atom is -0.300 e. The van der Waals surface area contributed by atoms with Crippen LogP contribution in [0.2, 0.25) is 0 Å². The van der Waals surface area contributed by atoms with Crippen LogP contribution in [0.3, 0.4) is 0 Å². The molecule has 0 N–H and O–H groups in total. The average Bonchev–Trinajstić information content (AvgIpc) is 2.33. The monoisotopic (exact) mass is 230 g/mol. The second-order valence-electron chi connectivity index (χ2n) is 3.63. The van der Waals surface area contributed by atoms with Gasteiger partial charge in [-0.2, -0.15) is 0 Å². The second-order valence-corrected chi connectivity index (χ2v) is 4.75. The fraction of sp³-hybridized carbons (Fsp3) is 0.700. The molecule has 0 radical (unpaired) electrons. The van der Waals surface area contributed by atoms with Crippen LogP contribution < -0.4 is 0 Å². The molecule has 0 aliphatic heterocycles. The van der Waals surface area contributed by atoms with Gasteiger partial charge in [0.25, 0.3) is 0 Å². The SMILES string of the molecule is C=C(Br)C[C@@H]1CCC[C@@H]1C(C)=O. The number of Topliss-reactive ketones (excluding diaryl/α,β-unsaturated/α-hetero) is 1. The van der Waals surface area contributed by atoms with Crippen LogP contribution in [0.1, 0.15) is 32.6 Å². The van der Waals surface area contributed by atoms with Gasteiger partial charge < -0.3 is 0 Å². The van der Waals surface area contributed by atoms with Gasteiger partial charge in [0.1, 0.15) is 5.78 Å². The summed E-state index contributed by atoms with van der Waals surface area (Å²) < 4.78 is 1.03. The highest BCUT2D eigenvalue weighted by Crippen LogP contribution is 2.37. The zero-order valence-electron chi connectivity index (χ0n) is 7.48. The number of hydrogen-bond donors (Lipinski definition) is 0. The molecular formula is C10H15BrO. The van der Waals surface area contributed by atoms with Gasteiger partial charge in [-0.05, 0) is 36.6 Å². The molecule has 0 aromatic carbocycles. The number of carbonyl (C=O) groups excluding carboxylic acids is 1. The topological polar surface area (TPSA) is 17.1 Å². The third-order valence-corrected chi connectivity index (χ3v) is 2.99. The van der Waals surface area contributed by atoms with Crippen molar-refractivity contribution in [3.05, 3.63) is 11.1 Å². The first-order valence-corrected chi connectivity index (χ1v) is 5.24. The van der Waals surface area contributed by atoms with E-state index in [1.165, 1.54) is 12.8 Å². The summed E-state index contributed by atoms with van der Waals surface area (Å²) in [5.74, 6) is 1.21. The second kappa shape index (κ2) is 4.22. The first kappa shape index (κ1) is 9.97. The summed E-state index contributed by atoms with van der Waals surface area (Å²) in [5.41, 5.74) is 0. The standard InChI is InChI=1S/C10H15BrO/c1-7(11)6-9-4-3-5-10(9)8(2)12/h9-10H,1,3-6H2,2H3/t9-,10+/m0/s1. The van der Waals surface area contributed by atoms with E-state index in [-0.39, 0.29) is 0 Å². The van der Waals surface area contributed by atoms with Crippen LogP contribution in [0.15, 0.2) is 11.1 Å². The summed E-state index contributed by atoms with van der Waals surface area (Å²) in [6.07, 6.45) is 4.44. The summed E-state index contributed by atoms with van der Waals surface area (Å²) in [6.45, 7) is 5.53. The van der Waals surface area contributed by atoms with Gasteiger partial charge in [0.2, 0.25) is 0 Å². The Hall–Kier alpha value is -0.110. The van der Waals surface area contributed by atoms with Gasteiger partial charge in [0, 0.05) is 5.92 Å². The Labute approximate surface area is 82.4 Å². The van der Waals surface area contributed by atoms with E-state index >= 15 is 0 Å². The lowest BCUT2D eigenvalue weighted by molar-refractivity contribution is -0.121. The molecule has 1 aliphatic rings. The predicted molar refractivity (Wildman–Crippen MR) is 54.2 cm³/mol. The molecule has 0 aromatic heterocycles. The van der Waals surface area contributed by atoms with Crippen molar-refractivity contribution < 1.29 is 4.79 Å². The van der Waals surface area contributed by atoms with Crippen molar-refractivity contribution in [2.24, 2.45) is 11.8 Å². The van der Waals surface area contributed by atoms with E-state index in [2.05, 4.69) is 22.5 Å². The minimum atomic E-state index is 0.305. The van der Waals surface area contributed by atoms with Crippen LogP contribution in [0.5, 0.6) is 0 Å². The summed E-state index contributed by atoms with van der Waals surface area (Å²) in [5, 5.41) is 0. The van der Waals surface area contributed by atoms with Gasteiger partial charge in [-0.3, -0.25) is 4.79 Å². The van der Waals surface area contributed by atoms with Crippen LogP contribution in [0, 0.1) is 11.8 Å². The molecule has 0 heterocycles. The van der Waals surface area contributed by atoms with E-state index in [0.29, 0.717) is 17.6 Å². The van der Waals surface area contributed by atoms with Crippen LogP contribution in [0.4, 0.5) is 0 Å². The highest BCUT2D eigenvalue weighted by Gasteiger charge is 2.30. The van der Waals surface area contributed by atoms with Crippen molar-refractivity contribution >= 4 is 21.7 Å². The van der Waals surface area contributed by atoms with E-state index < -0.39 is 0 Å². The Bertz CT molecular complexity index is 198. The highest BCUT2D eigenvalue weighted by molar-refractivity contribution is 9.11. The minimum absolute atomic E-state index is 0.305. The van der Waals surface area contributed by atoms with E-state index in [4.69, 9.17) is 0 Å². The lowest BCUT2D eigenvalue weighted by atomic mass is 9.90. The normalized spacial score (nSPS) is 28.8. The first-order valence-electron chi connectivity index (χ1n) is 4.45. The molecule has 1 saturated carbocycles. The predicted octanol–water partition coefficient (Wildman–Crippen LogP) is 3.29. The molecule has 2 atom stereocenters. The van der Waals surface area contributed by atoms with Crippen LogP contribution in [0.25, 0.3) is 0 Å². The van der Waals surface area contributed by atoms with Crippen molar-refractivity contribution in [1.82, 2.24) is 0 Å². The fourth-order valence-corrected chi connectivity index (χ4v) is 2.52. The summed E-state index contributed by atoms with van der Waals surface area (Å²) in [4.78, 5) is 11.2. The molecule has 0 saturated heterocycles. The Balaban J connectivity index is 2.52. The highest BCUT2D eigenvalue weighted by atomic mass is 79.9. The molecule has 0 amide bonds. The molecule has 1 aliphatic carbocycles. The van der Waals surface area contributed by atoms with Gasteiger partial charge >= 0.3 is 0 Å². The Morgan fingerprint density at radius 3 is 2.75 bits per heavy atom. The van der Waals surface area contributed by atoms with E-state index in [0.717, 1.165) is 17.3 Å². The summed E-state index contributed by atoms with van der Waals surface area (Å²) in [6, 6.07) is 0. The number of halogens is 1. The van der Waals surface area contributed by atoms with Crippen molar-refractivity contribution in [3.63, 3.8) is 0 Å². The molecule has 68 valence electrons. The third kappa shape index (κ3) is 2.44. The zero-order chi connectivity index (χ0) is 9.14. The molecule has 1 fully saturated rings. The summed E-state index contributed by atoms with van der Waals surface area (Å²) >= 11 is 3.36. The lowest BCUT2D eigenvalue weighted by Crippen LogP contribution is -2.15. The number of hydrogen-bond acceptors (Lipinski definition) is 1. The van der Waals surface area contributed by atoms with Gasteiger partial charge in [-0.25, -0.2) is 0 Å². The number of ketones is 1. The van der Waals surface area contributed by atoms with Crippen LogP contribution >= 0.6 is 15.9 Å². The van der Waals surface area contributed by atoms with Gasteiger partial charge in [0.15, 0.2) is 0 Å². The van der Waals surface area contributed by atoms with Crippen molar-refractivity contribution in [2.75, 3.05) is 0 Å². The van der Waals surface area contributed by atoms with Gasteiger partial charge in [0.05, 0.1) is 0 Å². The Morgan fingerprint density at radius 1 is 1.58 bits per heavy atom. The molecule has 12 heavy (non-hydrogen) atoms. The first-order chi connectivity index (χ1) is 5.61. The molecule has 0 aromatic rings. The van der Waals surface area contributed by atoms with Crippen molar-refractivity contribution in [1.29, 1.82) is 0 Å². The lowest BCUT2D eigenvalue weighted by Gasteiger charge is -2.15. The smallest absolute Gasteiger partial charge is 0.133 e. The Morgan fingerprint density at radius 2 is 2.25 bits per heavy atom. The Kier molecular flexibility index (Phi) is 3.51. The maximum atomic E-state index is 11.2. The quantitative estimate of drug-likeness (QED) is 0.728. The van der Waals surface area contributed by atoms with E-state index in [9.17, 15) is 4.79 Å². The molecule has 0 spiro atoms. The van der Waals surface area contributed by atoms with Crippen LogP contribution in [-0.4, -0.2) is 5.78 Å². The fourth-order valence-electron chi connectivity index (χ4n) is 2.10.